The summed E-state index contributed by atoms with van der Waals surface area (Å²) in [7, 11) is 1.60. The number of nitrogens with zero attached hydrogens (tertiary/aromatic N) is 5. The zero-order valence-electron chi connectivity index (χ0n) is 11.7. The maximum absolute atomic E-state index is 12.7. The van der Waals surface area contributed by atoms with E-state index in [1.54, 1.807) is 22.4 Å². The Morgan fingerprint density at radius 1 is 1.09 bits per heavy atom. The largest absolute Gasteiger partial charge is 0.497 e. The molecule has 4 aromatic rings. The molecule has 0 amide bonds. The van der Waals surface area contributed by atoms with Crippen molar-refractivity contribution in [3.05, 3.63) is 59.4 Å². The Morgan fingerprint density at radius 3 is 2.68 bits per heavy atom. The first-order chi connectivity index (χ1) is 10.8. The third-order valence-corrected chi connectivity index (χ3v) is 3.52. The predicted octanol–water partition coefficient (Wildman–Crippen LogP) is 1.44. The number of fused-ring (bicyclic) bond motifs is 3. The van der Waals surface area contributed by atoms with Crippen molar-refractivity contribution in [2.75, 3.05) is 7.11 Å². The van der Waals surface area contributed by atoms with Gasteiger partial charge in [0.15, 0.2) is 0 Å². The predicted molar refractivity (Wildman–Crippen MR) is 80.4 cm³/mol. The lowest BCUT2D eigenvalue weighted by molar-refractivity contribution is 0.414. The van der Waals surface area contributed by atoms with E-state index >= 15 is 0 Å². The summed E-state index contributed by atoms with van der Waals surface area (Å²) < 4.78 is 8.24. The number of aromatic nitrogens is 5. The summed E-state index contributed by atoms with van der Waals surface area (Å²) in [6, 6.07) is 9.10. The molecular weight excluding hydrogens is 282 g/mol. The Kier molecular flexibility index (Phi) is 2.65. The van der Waals surface area contributed by atoms with Crippen LogP contribution in [-0.2, 0) is 0 Å². The summed E-state index contributed by atoms with van der Waals surface area (Å²) in [5, 5.41) is 4.57. The van der Waals surface area contributed by atoms with Crippen molar-refractivity contribution >= 4 is 16.7 Å². The first-order valence-electron chi connectivity index (χ1n) is 6.62. The second-order valence-electron chi connectivity index (χ2n) is 4.72. The normalized spacial score (nSPS) is 11.1. The molecule has 0 aliphatic rings. The molecule has 0 fully saturated rings. The van der Waals surface area contributed by atoms with Gasteiger partial charge in [-0.2, -0.15) is 14.6 Å². The molecule has 4 rings (SSSR count). The number of hydrogen-bond donors (Lipinski definition) is 0. The van der Waals surface area contributed by atoms with Gasteiger partial charge in [0, 0.05) is 18.1 Å². The number of hydrogen-bond acceptors (Lipinski definition) is 5. The van der Waals surface area contributed by atoms with Crippen molar-refractivity contribution in [1.29, 1.82) is 0 Å². The molecule has 0 spiro atoms. The summed E-state index contributed by atoms with van der Waals surface area (Å²) in [5.74, 6) is 1.21. The average molecular weight is 293 g/mol. The fraction of sp³-hybridized carbons (Fsp3) is 0.0667. The maximum Gasteiger partial charge on any atom is 0.266 e. The molecule has 7 heteroatoms. The number of ether oxygens (including phenoxy) is 1. The third-order valence-electron chi connectivity index (χ3n) is 3.52. The van der Waals surface area contributed by atoms with E-state index in [9.17, 15) is 4.79 Å². The van der Waals surface area contributed by atoms with Crippen LogP contribution in [0.5, 0.6) is 5.75 Å². The van der Waals surface area contributed by atoms with Crippen LogP contribution in [-0.4, -0.2) is 31.3 Å². The SMILES string of the molecule is COc1ccc(-n2ccc3c(cnc4ncnn43)c2=O)cc1. The van der Waals surface area contributed by atoms with E-state index in [0.717, 1.165) is 11.4 Å². The Hall–Kier alpha value is -3.22. The number of pyridine rings is 1. The Morgan fingerprint density at radius 2 is 1.91 bits per heavy atom. The molecule has 0 saturated heterocycles. The standard InChI is InChI=1S/C15H11N5O2/c1-22-11-4-2-10(3-5-11)19-7-6-13-12(14(19)21)8-16-15-17-9-18-20(13)15/h2-9H,1H3. The highest BCUT2D eigenvalue weighted by Crippen LogP contribution is 2.15. The summed E-state index contributed by atoms with van der Waals surface area (Å²) in [6.45, 7) is 0. The second kappa shape index (κ2) is 4.66. The molecule has 3 aromatic heterocycles. The second-order valence-corrected chi connectivity index (χ2v) is 4.72. The van der Waals surface area contributed by atoms with E-state index in [4.69, 9.17) is 4.74 Å². The summed E-state index contributed by atoms with van der Waals surface area (Å²) >= 11 is 0. The first-order valence-corrected chi connectivity index (χ1v) is 6.62. The fourth-order valence-corrected chi connectivity index (χ4v) is 2.41. The molecule has 0 bridgehead atoms. The lowest BCUT2D eigenvalue weighted by Gasteiger charge is -2.08. The summed E-state index contributed by atoms with van der Waals surface area (Å²) in [5.41, 5.74) is 1.27. The average Bonchev–Trinajstić information content (AvgIpc) is 3.04. The van der Waals surface area contributed by atoms with Crippen LogP contribution < -0.4 is 10.3 Å². The molecule has 0 unspecified atom stereocenters. The molecule has 0 saturated carbocycles. The van der Waals surface area contributed by atoms with Crippen LogP contribution in [0, 0.1) is 0 Å². The van der Waals surface area contributed by atoms with E-state index < -0.39 is 0 Å². The van der Waals surface area contributed by atoms with E-state index in [0.29, 0.717) is 16.7 Å². The van der Waals surface area contributed by atoms with Gasteiger partial charge in [-0.3, -0.25) is 9.36 Å². The highest BCUT2D eigenvalue weighted by Gasteiger charge is 2.09. The van der Waals surface area contributed by atoms with Crippen LogP contribution >= 0.6 is 0 Å². The van der Waals surface area contributed by atoms with Crippen molar-refractivity contribution in [2.45, 2.75) is 0 Å². The van der Waals surface area contributed by atoms with Gasteiger partial charge < -0.3 is 4.74 Å². The van der Waals surface area contributed by atoms with Gasteiger partial charge in [0.2, 0.25) is 0 Å². The zero-order chi connectivity index (χ0) is 15.1. The van der Waals surface area contributed by atoms with Crippen molar-refractivity contribution in [2.24, 2.45) is 0 Å². The Bertz CT molecular complexity index is 1030. The molecule has 108 valence electrons. The quantitative estimate of drug-likeness (QED) is 0.559. The topological polar surface area (TPSA) is 74.3 Å². The number of benzene rings is 1. The number of rotatable bonds is 2. The van der Waals surface area contributed by atoms with E-state index in [2.05, 4.69) is 15.1 Å². The smallest absolute Gasteiger partial charge is 0.266 e. The van der Waals surface area contributed by atoms with Crippen LogP contribution in [0.15, 0.2) is 53.8 Å². The third kappa shape index (κ3) is 1.76. The highest BCUT2D eigenvalue weighted by atomic mass is 16.5. The minimum absolute atomic E-state index is 0.160. The van der Waals surface area contributed by atoms with Crippen molar-refractivity contribution in [3.63, 3.8) is 0 Å². The van der Waals surface area contributed by atoms with Gasteiger partial charge in [-0.15, -0.1) is 0 Å². The molecular formula is C15H11N5O2. The van der Waals surface area contributed by atoms with Crippen molar-refractivity contribution < 1.29 is 4.74 Å². The van der Waals surface area contributed by atoms with E-state index in [1.807, 2.05) is 30.3 Å². The zero-order valence-corrected chi connectivity index (χ0v) is 11.7. The van der Waals surface area contributed by atoms with Gasteiger partial charge in [0.25, 0.3) is 11.3 Å². The Labute approximate surface area is 124 Å². The molecule has 1 aromatic carbocycles. The van der Waals surface area contributed by atoms with Crippen LogP contribution in [0.4, 0.5) is 0 Å². The van der Waals surface area contributed by atoms with Gasteiger partial charge in [0.1, 0.15) is 12.1 Å². The molecule has 7 nitrogen and oxygen atoms in total. The molecule has 0 aliphatic heterocycles. The van der Waals surface area contributed by atoms with Crippen LogP contribution in [0.1, 0.15) is 0 Å². The van der Waals surface area contributed by atoms with Gasteiger partial charge in [-0.25, -0.2) is 4.98 Å². The van der Waals surface area contributed by atoms with Crippen molar-refractivity contribution in [1.82, 2.24) is 24.1 Å². The molecule has 0 aliphatic carbocycles. The van der Waals surface area contributed by atoms with E-state index in [1.165, 1.54) is 12.5 Å². The lowest BCUT2D eigenvalue weighted by atomic mass is 10.2. The molecule has 0 N–H and O–H groups in total. The van der Waals surface area contributed by atoms with Crippen LogP contribution in [0.3, 0.4) is 0 Å². The van der Waals surface area contributed by atoms with Crippen molar-refractivity contribution in [3.8, 4) is 11.4 Å². The number of methoxy groups -OCH3 is 1. The molecule has 3 heterocycles. The van der Waals surface area contributed by atoms with E-state index in [-0.39, 0.29) is 5.56 Å². The minimum atomic E-state index is -0.160. The molecule has 22 heavy (non-hydrogen) atoms. The fourth-order valence-electron chi connectivity index (χ4n) is 2.41. The van der Waals surface area contributed by atoms with Crippen LogP contribution in [0.25, 0.3) is 22.4 Å². The highest BCUT2D eigenvalue weighted by molar-refractivity contribution is 5.78. The Balaban J connectivity index is 1.97. The lowest BCUT2D eigenvalue weighted by Crippen LogP contribution is -2.18. The summed E-state index contributed by atoms with van der Waals surface area (Å²) in [6.07, 6.45) is 4.66. The molecule has 0 radical (unpaired) electrons. The van der Waals surface area contributed by atoms with Crippen LogP contribution in [0.2, 0.25) is 0 Å². The van der Waals surface area contributed by atoms with Gasteiger partial charge in [-0.1, -0.05) is 0 Å². The first kappa shape index (κ1) is 12.5. The monoisotopic (exact) mass is 293 g/mol. The molecule has 0 atom stereocenters. The van der Waals surface area contributed by atoms with Gasteiger partial charge in [-0.05, 0) is 30.3 Å². The minimum Gasteiger partial charge on any atom is -0.497 e. The summed E-state index contributed by atoms with van der Waals surface area (Å²) in [4.78, 5) is 20.8. The van der Waals surface area contributed by atoms with Gasteiger partial charge in [0.05, 0.1) is 18.0 Å². The van der Waals surface area contributed by atoms with Gasteiger partial charge >= 0.3 is 0 Å². The maximum atomic E-state index is 12.7.